The van der Waals surface area contributed by atoms with Crippen LogP contribution in [0.2, 0.25) is 0 Å². The highest BCUT2D eigenvalue weighted by atomic mass is 79.9. The van der Waals surface area contributed by atoms with Crippen molar-refractivity contribution in [1.29, 1.82) is 5.26 Å². The molecule has 3 N–H and O–H groups in total. The van der Waals surface area contributed by atoms with E-state index in [4.69, 9.17) is 10.5 Å². The first kappa shape index (κ1) is 13.7. The third kappa shape index (κ3) is 1.85. The molecule has 1 aliphatic rings. The number of H-pyrrole nitrogens is 1. The maximum Gasteiger partial charge on any atom is 0.221 e. The first-order valence-electron chi connectivity index (χ1n) is 6.51. The van der Waals surface area contributed by atoms with Crippen molar-refractivity contribution in [3.05, 3.63) is 57.5 Å². The summed E-state index contributed by atoms with van der Waals surface area (Å²) in [5.41, 5.74) is 7.53. The molecule has 21 heavy (non-hydrogen) atoms. The molecule has 106 valence electrons. The molecular weight excluding hydrogens is 332 g/mol. The fourth-order valence-corrected chi connectivity index (χ4v) is 3.34. The largest absolute Gasteiger partial charge is 0.422 e. The summed E-state index contributed by atoms with van der Waals surface area (Å²) in [5.74, 6) is 0.615. The Hall–Kier alpha value is -2.26. The van der Waals surface area contributed by atoms with Crippen LogP contribution in [-0.4, -0.2) is 10.2 Å². The number of aromatic amines is 1. The Labute approximate surface area is 130 Å². The number of nitrogens with two attached hydrogens (primary N) is 1. The number of ether oxygens (including phenoxy) is 1. The van der Waals surface area contributed by atoms with Crippen molar-refractivity contribution in [2.45, 2.75) is 18.8 Å². The van der Waals surface area contributed by atoms with Gasteiger partial charge in [-0.1, -0.05) is 35.0 Å². The van der Waals surface area contributed by atoms with Gasteiger partial charge >= 0.3 is 0 Å². The molecule has 0 radical (unpaired) electrons. The van der Waals surface area contributed by atoms with Crippen molar-refractivity contribution in [1.82, 2.24) is 10.2 Å². The Morgan fingerprint density at radius 3 is 3.00 bits per heavy atom. The number of nitrogens with zero attached hydrogens (tertiary/aromatic N) is 2. The summed E-state index contributed by atoms with van der Waals surface area (Å²) in [6.07, 6.45) is 2.37. The molecule has 2 aromatic rings. The Morgan fingerprint density at radius 1 is 1.52 bits per heavy atom. The highest BCUT2D eigenvalue weighted by Crippen LogP contribution is 2.48. The zero-order valence-electron chi connectivity index (χ0n) is 11.4. The fraction of sp³-hybridized carbons (Fsp3) is 0.200. The predicted molar refractivity (Wildman–Crippen MR) is 81.3 cm³/mol. The van der Waals surface area contributed by atoms with Crippen LogP contribution < -0.4 is 10.5 Å². The van der Waals surface area contributed by atoms with E-state index in [1.165, 1.54) is 0 Å². The van der Waals surface area contributed by atoms with Crippen LogP contribution in [0, 0.1) is 11.3 Å². The monoisotopic (exact) mass is 344 g/mol. The molecule has 1 aliphatic heterocycles. The van der Waals surface area contributed by atoms with Gasteiger partial charge in [0.15, 0.2) is 0 Å². The summed E-state index contributed by atoms with van der Waals surface area (Å²) in [6, 6.07) is 10.1. The molecule has 0 saturated heterocycles. The molecule has 0 bridgehead atoms. The second-order valence-corrected chi connectivity index (χ2v) is 5.75. The summed E-state index contributed by atoms with van der Waals surface area (Å²) in [6.45, 7) is 2.02. The van der Waals surface area contributed by atoms with Gasteiger partial charge in [0.2, 0.25) is 11.8 Å². The van der Waals surface area contributed by atoms with Gasteiger partial charge in [-0.25, -0.2) is 5.10 Å². The second-order valence-electron chi connectivity index (χ2n) is 4.84. The zero-order chi connectivity index (χ0) is 15.0. The molecule has 3 rings (SSSR count). The lowest BCUT2D eigenvalue weighted by Crippen LogP contribution is -2.35. The highest BCUT2D eigenvalue weighted by molar-refractivity contribution is 9.10. The van der Waals surface area contributed by atoms with Gasteiger partial charge in [0.1, 0.15) is 11.6 Å². The number of allylic oxidation sites excluding steroid dienone is 1. The molecule has 6 heteroatoms. The van der Waals surface area contributed by atoms with Gasteiger partial charge < -0.3 is 10.5 Å². The molecule has 1 atom stereocenters. The first-order chi connectivity index (χ1) is 10.1. The lowest BCUT2D eigenvalue weighted by molar-refractivity contribution is 0.353. The zero-order valence-corrected chi connectivity index (χ0v) is 12.9. The molecular formula is C15H13BrN4O. The van der Waals surface area contributed by atoms with Crippen LogP contribution >= 0.6 is 15.9 Å². The molecule has 0 saturated carbocycles. The molecule has 5 nitrogen and oxygen atoms in total. The van der Waals surface area contributed by atoms with Crippen LogP contribution in [0.15, 0.2) is 46.4 Å². The van der Waals surface area contributed by atoms with Gasteiger partial charge in [-0.2, -0.15) is 10.4 Å². The number of nitriles is 1. The molecule has 1 aromatic heterocycles. The average Bonchev–Trinajstić information content (AvgIpc) is 2.94. The van der Waals surface area contributed by atoms with Crippen LogP contribution in [0.1, 0.15) is 24.5 Å². The van der Waals surface area contributed by atoms with Crippen molar-refractivity contribution in [2.75, 3.05) is 0 Å². The third-order valence-electron chi connectivity index (χ3n) is 3.91. The van der Waals surface area contributed by atoms with Crippen molar-refractivity contribution in [3.8, 4) is 11.9 Å². The summed E-state index contributed by atoms with van der Waals surface area (Å²) in [4.78, 5) is 0. The normalized spacial score (nSPS) is 20.6. The number of nitrogens with one attached hydrogen (secondary N) is 1. The SMILES string of the molecule is CCC1(c2cccc(Br)c2)C(C#N)=C(N)Oc2[nH]ncc21. The second kappa shape index (κ2) is 4.93. The van der Waals surface area contributed by atoms with E-state index in [0.29, 0.717) is 17.9 Å². The molecule has 0 spiro atoms. The maximum absolute atomic E-state index is 9.61. The van der Waals surface area contributed by atoms with E-state index in [-0.39, 0.29) is 5.88 Å². The number of aromatic nitrogens is 2. The molecule has 1 aromatic carbocycles. The van der Waals surface area contributed by atoms with Crippen molar-refractivity contribution >= 4 is 15.9 Å². The maximum atomic E-state index is 9.61. The van der Waals surface area contributed by atoms with Crippen LogP contribution in [0.5, 0.6) is 5.88 Å². The predicted octanol–water partition coefficient (Wildman–Crippen LogP) is 2.95. The van der Waals surface area contributed by atoms with Gasteiger partial charge in [-0.15, -0.1) is 0 Å². The van der Waals surface area contributed by atoms with E-state index in [1.807, 2.05) is 31.2 Å². The highest BCUT2D eigenvalue weighted by Gasteiger charge is 2.45. The number of fused-ring (bicyclic) bond motifs is 1. The molecule has 1 unspecified atom stereocenters. The molecule has 2 heterocycles. The van der Waals surface area contributed by atoms with E-state index in [9.17, 15) is 5.26 Å². The van der Waals surface area contributed by atoms with Crippen LogP contribution in [-0.2, 0) is 5.41 Å². The van der Waals surface area contributed by atoms with Crippen molar-refractivity contribution < 1.29 is 4.74 Å². The van der Waals surface area contributed by atoms with Crippen LogP contribution in [0.25, 0.3) is 0 Å². The number of benzene rings is 1. The van der Waals surface area contributed by atoms with E-state index in [1.54, 1.807) is 6.20 Å². The average molecular weight is 345 g/mol. The Kier molecular flexibility index (Phi) is 3.22. The van der Waals surface area contributed by atoms with Gasteiger partial charge in [-0.05, 0) is 24.1 Å². The molecule has 0 fully saturated rings. The summed E-state index contributed by atoms with van der Waals surface area (Å²) >= 11 is 3.48. The number of rotatable bonds is 2. The lowest BCUT2D eigenvalue weighted by atomic mass is 9.67. The lowest BCUT2D eigenvalue weighted by Gasteiger charge is -2.36. The summed E-state index contributed by atoms with van der Waals surface area (Å²) < 4.78 is 6.43. The first-order valence-corrected chi connectivity index (χ1v) is 7.31. The Morgan fingerprint density at radius 2 is 2.33 bits per heavy atom. The Balaban J connectivity index is 2.36. The fourth-order valence-electron chi connectivity index (χ4n) is 2.94. The quantitative estimate of drug-likeness (QED) is 0.876. The van der Waals surface area contributed by atoms with Crippen LogP contribution in [0.4, 0.5) is 0 Å². The number of hydrogen-bond acceptors (Lipinski definition) is 4. The van der Waals surface area contributed by atoms with E-state index < -0.39 is 5.41 Å². The number of halogens is 1. The van der Waals surface area contributed by atoms with Crippen molar-refractivity contribution in [2.24, 2.45) is 5.73 Å². The number of hydrogen-bond donors (Lipinski definition) is 2. The minimum atomic E-state index is -0.650. The standard InChI is InChI=1S/C15H13BrN4O/c1-2-15(9-4-3-5-10(16)6-9)11(7-17)13(18)21-14-12(15)8-19-20-14/h3-6,8H,2,18H2,1H3,(H,19,20). The van der Waals surface area contributed by atoms with Gasteiger partial charge in [-0.3, -0.25) is 0 Å². The molecule has 0 aliphatic carbocycles. The van der Waals surface area contributed by atoms with E-state index in [0.717, 1.165) is 15.6 Å². The van der Waals surface area contributed by atoms with Gasteiger partial charge in [0.05, 0.1) is 17.2 Å². The summed E-state index contributed by atoms with van der Waals surface area (Å²) in [7, 11) is 0. The van der Waals surface area contributed by atoms with Gasteiger partial charge in [0, 0.05) is 4.47 Å². The smallest absolute Gasteiger partial charge is 0.221 e. The van der Waals surface area contributed by atoms with Gasteiger partial charge in [0.25, 0.3) is 0 Å². The minimum Gasteiger partial charge on any atom is -0.422 e. The summed E-state index contributed by atoms with van der Waals surface area (Å²) in [5, 5.41) is 16.5. The molecule has 0 amide bonds. The Bertz CT molecular complexity index is 774. The van der Waals surface area contributed by atoms with E-state index in [2.05, 4.69) is 32.2 Å². The van der Waals surface area contributed by atoms with Crippen LogP contribution in [0.3, 0.4) is 0 Å². The van der Waals surface area contributed by atoms with E-state index >= 15 is 0 Å². The topological polar surface area (TPSA) is 87.7 Å². The minimum absolute atomic E-state index is 0.121. The third-order valence-corrected chi connectivity index (χ3v) is 4.40. The van der Waals surface area contributed by atoms with Crippen molar-refractivity contribution in [3.63, 3.8) is 0 Å².